The number of benzene rings is 2. The number of aromatic amines is 1. The SMILES string of the molecule is CCCCCCC(=O)N(C)Cc1cccc(-c2ccc(Cc3sc(=O)[nH]c3O)cc2)c1. The van der Waals surface area contributed by atoms with E-state index in [4.69, 9.17) is 0 Å². The van der Waals surface area contributed by atoms with E-state index in [-0.39, 0.29) is 16.7 Å². The largest absolute Gasteiger partial charge is 0.494 e. The van der Waals surface area contributed by atoms with Gasteiger partial charge >= 0.3 is 4.87 Å². The van der Waals surface area contributed by atoms with Crippen LogP contribution in [0.5, 0.6) is 5.88 Å². The number of nitrogens with zero attached hydrogens (tertiary/aromatic N) is 1. The lowest BCUT2D eigenvalue weighted by atomic mass is 10.0. The van der Waals surface area contributed by atoms with Crippen molar-refractivity contribution >= 4 is 17.2 Å². The minimum Gasteiger partial charge on any atom is -0.494 e. The number of hydrogen-bond acceptors (Lipinski definition) is 4. The molecular weight excluding hydrogens is 408 g/mol. The first-order valence-corrected chi connectivity index (χ1v) is 11.6. The van der Waals surface area contributed by atoms with E-state index >= 15 is 0 Å². The summed E-state index contributed by atoms with van der Waals surface area (Å²) in [6, 6.07) is 16.4. The topological polar surface area (TPSA) is 73.4 Å². The number of nitrogens with one attached hydrogen (secondary N) is 1. The Morgan fingerprint density at radius 1 is 1.03 bits per heavy atom. The lowest BCUT2D eigenvalue weighted by Crippen LogP contribution is -2.25. The van der Waals surface area contributed by atoms with Gasteiger partial charge in [-0.15, -0.1) is 0 Å². The predicted molar refractivity (Wildman–Crippen MR) is 127 cm³/mol. The van der Waals surface area contributed by atoms with Gasteiger partial charge < -0.3 is 10.0 Å². The molecule has 3 aromatic rings. The van der Waals surface area contributed by atoms with E-state index < -0.39 is 0 Å². The van der Waals surface area contributed by atoms with Crippen LogP contribution < -0.4 is 4.87 Å². The Bertz CT molecular complexity index is 1050. The van der Waals surface area contributed by atoms with Crippen molar-refractivity contribution in [1.82, 2.24) is 9.88 Å². The monoisotopic (exact) mass is 438 g/mol. The molecule has 1 amide bonds. The average molecular weight is 439 g/mol. The molecule has 3 rings (SSSR count). The van der Waals surface area contributed by atoms with E-state index in [9.17, 15) is 14.7 Å². The quantitative estimate of drug-likeness (QED) is 0.420. The Hall–Kier alpha value is -2.86. The van der Waals surface area contributed by atoms with Crippen molar-refractivity contribution in [3.63, 3.8) is 0 Å². The minimum atomic E-state index is -0.245. The van der Waals surface area contributed by atoms with E-state index in [0.29, 0.717) is 24.3 Å². The third-order valence-corrected chi connectivity index (χ3v) is 6.24. The number of carbonyl (C=O) groups is 1. The maximum Gasteiger partial charge on any atom is 0.307 e. The predicted octanol–water partition coefficient (Wildman–Crippen LogP) is 5.33. The Morgan fingerprint density at radius 2 is 1.81 bits per heavy atom. The molecular formula is C25H30N2O3S. The summed E-state index contributed by atoms with van der Waals surface area (Å²) in [5.74, 6) is 0.150. The molecule has 0 aliphatic carbocycles. The fourth-order valence-corrected chi connectivity index (χ4v) is 4.34. The average Bonchev–Trinajstić information content (AvgIpc) is 3.08. The van der Waals surface area contributed by atoms with Crippen LogP contribution in [-0.2, 0) is 17.8 Å². The molecule has 0 saturated carbocycles. The van der Waals surface area contributed by atoms with Crippen LogP contribution in [0.4, 0.5) is 0 Å². The molecule has 5 nitrogen and oxygen atoms in total. The maximum absolute atomic E-state index is 12.4. The zero-order chi connectivity index (χ0) is 22.2. The van der Waals surface area contributed by atoms with Gasteiger partial charge in [-0.3, -0.25) is 14.6 Å². The summed E-state index contributed by atoms with van der Waals surface area (Å²) >= 11 is 1.03. The van der Waals surface area contributed by atoms with Gasteiger partial charge in [-0.2, -0.15) is 0 Å². The highest BCUT2D eigenvalue weighted by Gasteiger charge is 2.10. The second kappa shape index (κ2) is 11.0. The van der Waals surface area contributed by atoms with Gasteiger partial charge in [-0.1, -0.05) is 80.0 Å². The standard InChI is InChI=1S/C25H30N2O3S/c1-3-4-5-6-10-23(28)27(2)17-19-8-7-9-21(15-19)20-13-11-18(12-14-20)16-22-24(29)26-25(30)31-22/h7-9,11-15,29H,3-6,10,16-17H2,1-2H3,(H,26,30). The Balaban J connectivity index is 1.62. The molecule has 0 unspecified atom stereocenters. The zero-order valence-corrected chi connectivity index (χ0v) is 19.0. The number of unbranched alkanes of at least 4 members (excludes halogenated alkanes) is 3. The molecule has 0 aliphatic heterocycles. The molecule has 0 spiro atoms. The van der Waals surface area contributed by atoms with E-state index in [1.165, 1.54) is 12.8 Å². The van der Waals surface area contributed by atoms with Crippen molar-refractivity contribution in [3.05, 3.63) is 74.2 Å². The Morgan fingerprint density at radius 3 is 2.48 bits per heavy atom. The number of amides is 1. The van der Waals surface area contributed by atoms with Crippen LogP contribution in [0, 0.1) is 0 Å². The second-order valence-electron chi connectivity index (χ2n) is 7.92. The maximum atomic E-state index is 12.4. The van der Waals surface area contributed by atoms with Gasteiger partial charge in [0, 0.05) is 26.4 Å². The number of thiazole rings is 1. The lowest BCUT2D eigenvalue weighted by Gasteiger charge is -2.18. The van der Waals surface area contributed by atoms with E-state index in [1.807, 2.05) is 42.3 Å². The van der Waals surface area contributed by atoms with Gasteiger partial charge in [-0.25, -0.2) is 0 Å². The molecule has 0 radical (unpaired) electrons. The fraction of sp³-hybridized carbons (Fsp3) is 0.360. The Labute approximate surface area is 187 Å². The number of hydrogen-bond donors (Lipinski definition) is 2. The van der Waals surface area contributed by atoms with E-state index in [1.54, 1.807) is 0 Å². The molecule has 0 fully saturated rings. The third kappa shape index (κ3) is 6.56. The molecule has 31 heavy (non-hydrogen) atoms. The van der Waals surface area contributed by atoms with Gasteiger partial charge in [0.1, 0.15) is 0 Å². The number of H-pyrrole nitrogens is 1. The van der Waals surface area contributed by atoms with Gasteiger partial charge in [0.25, 0.3) is 0 Å². The van der Waals surface area contributed by atoms with Crippen LogP contribution in [0.2, 0.25) is 0 Å². The molecule has 2 N–H and O–H groups in total. The van der Waals surface area contributed by atoms with Crippen LogP contribution in [-0.4, -0.2) is 27.9 Å². The molecule has 1 aromatic heterocycles. The van der Waals surface area contributed by atoms with Gasteiger partial charge in [0.2, 0.25) is 11.8 Å². The molecule has 0 aliphatic rings. The van der Waals surface area contributed by atoms with Crippen molar-refractivity contribution in [2.45, 2.75) is 52.0 Å². The Kier molecular flexibility index (Phi) is 8.06. The van der Waals surface area contributed by atoms with Crippen molar-refractivity contribution in [3.8, 4) is 17.0 Å². The first-order valence-electron chi connectivity index (χ1n) is 10.8. The number of aromatic hydroxyl groups is 1. The molecule has 0 bridgehead atoms. The first kappa shape index (κ1) is 22.8. The van der Waals surface area contributed by atoms with E-state index in [0.717, 1.165) is 46.4 Å². The van der Waals surface area contributed by atoms with Gasteiger partial charge in [0.15, 0.2) is 0 Å². The molecule has 0 saturated heterocycles. The van der Waals surface area contributed by atoms with Crippen LogP contribution in [0.3, 0.4) is 0 Å². The van der Waals surface area contributed by atoms with Crippen molar-refractivity contribution < 1.29 is 9.90 Å². The summed E-state index contributed by atoms with van der Waals surface area (Å²) in [6.45, 7) is 2.77. The number of rotatable bonds is 10. The highest BCUT2D eigenvalue weighted by Crippen LogP contribution is 2.24. The molecule has 0 atom stereocenters. The number of aromatic nitrogens is 1. The third-order valence-electron chi connectivity index (χ3n) is 5.37. The van der Waals surface area contributed by atoms with Crippen molar-refractivity contribution in [2.24, 2.45) is 0 Å². The normalized spacial score (nSPS) is 10.9. The molecule has 164 valence electrons. The summed E-state index contributed by atoms with van der Waals surface area (Å²) in [5, 5.41) is 9.77. The fourth-order valence-electron chi connectivity index (χ4n) is 3.58. The first-order chi connectivity index (χ1) is 15.0. The van der Waals surface area contributed by atoms with Crippen molar-refractivity contribution in [1.29, 1.82) is 0 Å². The summed E-state index contributed by atoms with van der Waals surface area (Å²) < 4.78 is 0. The highest BCUT2D eigenvalue weighted by molar-refractivity contribution is 7.09. The van der Waals surface area contributed by atoms with Gasteiger partial charge in [0.05, 0.1) is 4.88 Å². The van der Waals surface area contributed by atoms with Crippen LogP contribution in [0.15, 0.2) is 53.3 Å². The lowest BCUT2D eigenvalue weighted by molar-refractivity contribution is -0.130. The number of carbonyl (C=O) groups excluding carboxylic acids is 1. The highest BCUT2D eigenvalue weighted by atomic mass is 32.1. The molecule has 2 aromatic carbocycles. The van der Waals surface area contributed by atoms with Crippen LogP contribution >= 0.6 is 11.3 Å². The van der Waals surface area contributed by atoms with Crippen molar-refractivity contribution in [2.75, 3.05) is 7.05 Å². The minimum absolute atomic E-state index is 0.0455. The summed E-state index contributed by atoms with van der Waals surface area (Å²) in [4.78, 5) is 28.3. The second-order valence-corrected chi connectivity index (χ2v) is 8.99. The summed E-state index contributed by atoms with van der Waals surface area (Å²) in [5.41, 5.74) is 4.32. The molecule has 6 heteroatoms. The molecule has 1 heterocycles. The van der Waals surface area contributed by atoms with E-state index in [2.05, 4.69) is 30.1 Å². The van der Waals surface area contributed by atoms with Gasteiger partial charge in [-0.05, 0) is 34.7 Å². The summed E-state index contributed by atoms with van der Waals surface area (Å²) in [7, 11) is 1.87. The summed E-state index contributed by atoms with van der Waals surface area (Å²) in [6.07, 6.45) is 5.56. The van der Waals surface area contributed by atoms with Crippen LogP contribution in [0.1, 0.15) is 55.0 Å². The zero-order valence-electron chi connectivity index (χ0n) is 18.2. The van der Waals surface area contributed by atoms with Crippen LogP contribution in [0.25, 0.3) is 11.1 Å². The smallest absolute Gasteiger partial charge is 0.307 e.